The van der Waals surface area contributed by atoms with E-state index in [-0.39, 0.29) is 9.99 Å². The zero-order valence-electron chi connectivity index (χ0n) is 13.7. The van der Waals surface area contributed by atoms with E-state index in [0.29, 0.717) is 21.5 Å². The van der Waals surface area contributed by atoms with Gasteiger partial charge >= 0.3 is 0 Å². The molecule has 1 aromatic heterocycles. The second kappa shape index (κ2) is 6.76. The minimum Gasteiger partial charge on any atom is -0.455 e. The van der Waals surface area contributed by atoms with Crippen LogP contribution in [0.25, 0.3) is 0 Å². The number of rotatable bonds is 2. The molecule has 0 bridgehead atoms. The van der Waals surface area contributed by atoms with Gasteiger partial charge in [0.2, 0.25) is 0 Å². The molecule has 2 aliphatic rings. The Morgan fingerprint density at radius 3 is 2.60 bits per heavy atom. The van der Waals surface area contributed by atoms with E-state index < -0.39 is 0 Å². The predicted octanol–water partition coefficient (Wildman–Crippen LogP) is 6.12. The van der Waals surface area contributed by atoms with E-state index in [1.54, 1.807) is 18.2 Å². The van der Waals surface area contributed by atoms with Crippen molar-refractivity contribution in [3.05, 3.63) is 50.9 Å². The number of benzene rings is 1. The third-order valence-electron chi connectivity index (χ3n) is 4.67. The fourth-order valence-electron chi connectivity index (χ4n) is 3.60. The standard InChI is InChI=1S/C18H17Cl2NO2S2/c1-10-14-13(6-3-7-18(14)24-8-9-25-18)23-16(10)17(22)21-15-11(19)4-2-5-12(15)20/h2,4-5H,3,6-9H2,1H3,(H,21,22). The fourth-order valence-corrected chi connectivity index (χ4v) is 7.65. The lowest BCUT2D eigenvalue weighted by molar-refractivity contribution is 0.0994. The number of nitrogens with one attached hydrogen (secondary N) is 1. The summed E-state index contributed by atoms with van der Waals surface area (Å²) in [6.45, 7) is 1.98. The van der Waals surface area contributed by atoms with Crippen LogP contribution in [0.2, 0.25) is 10.0 Å². The van der Waals surface area contributed by atoms with Crippen LogP contribution < -0.4 is 5.32 Å². The van der Waals surface area contributed by atoms with Crippen LogP contribution >= 0.6 is 46.7 Å². The summed E-state index contributed by atoms with van der Waals surface area (Å²) < 4.78 is 6.07. The van der Waals surface area contributed by atoms with Crippen molar-refractivity contribution >= 4 is 58.3 Å². The molecule has 132 valence electrons. The number of thioether (sulfide) groups is 2. The van der Waals surface area contributed by atoms with Crippen molar-refractivity contribution in [2.75, 3.05) is 16.8 Å². The number of halogens is 2. The lowest BCUT2D eigenvalue weighted by Crippen LogP contribution is -2.21. The van der Waals surface area contributed by atoms with E-state index in [9.17, 15) is 4.79 Å². The highest BCUT2D eigenvalue weighted by molar-refractivity contribution is 8.20. The van der Waals surface area contributed by atoms with E-state index in [1.807, 2.05) is 30.4 Å². The Morgan fingerprint density at radius 1 is 1.24 bits per heavy atom. The lowest BCUT2D eigenvalue weighted by atomic mass is 9.94. The summed E-state index contributed by atoms with van der Waals surface area (Å²) in [7, 11) is 0. The van der Waals surface area contributed by atoms with Gasteiger partial charge in [-0.05, 0) is 31.9 Å². The Labute approximate surface area is 165 Å². The minimum atomic E-state index is -0.301. The highest BCUT2D eigenvalue weighted by Gasteiger charge is 2.45. The molecule has 1 N–H and O–H groups in total. The van der Waals surface area contributed by atoms with Gasteiger partial charge in [-0.2, -0.15) is 0 Å². The van der Waals surface area contributed by atoms with Gasteiger partial charge in [-0.15, -0.1) is 23.5 Å². The number of carbonyl (C=O) groups excluding carboxylic acids is 1. The quantitative estimate of drug-likeness (QED) is 0.643. The first-order chi connectivity index (χ1) is 12.0. The molecule has 1 saturated heterocycles. The van der Waals surface area contributed by atoms with Crippen molar-refractivity contribution in [2.24, 2.45) is 0 Å². The van der Waals surface area contributed by atoms with Gasteiger partial charge in [0.05, 0.1) is 19.8 Å². The average Bonchev–Trinajstić information content (AvgIpc) is 3.17. The molecule has 2 heterocycles. The first kappa shape index (κ1) is 17.7. The maximum Gasteiger partial charge on any atom is 0.291 e. The van der Waals surface area contributed by atoms with Crippen LogP contribution in [0.4, 0.5) is 5.69 Å². The average molecular weight is 414 g/mol. The molecule has 1 aliphatic heterocycles. The van der Waals surface area contributed by atoms with Crippen molar-refractivity contribution in [3.8, 4) is 0 Å². The van der Waals surface area contributed by atoms with Crippen LogP contribution in [0.15, 0.2) is 22.6 Å². The van der Waals surface area contributed by atoms with E-state index in [0.717, 1.165) is 42.1 Å². The summed E-state index contributed by atoms with van der Waals surface area (Å²) in [5.41, 5.74) is 2.59. The highest BCUT2D eigenvalue weighted by Crippen LogP contribution is 2.59. The van der Waals surface area contributed by atoms with E-state index >= 15 is 0 Å². The minimum absolute atomic E-state index is 0.0573. The number of furan rings is 1. The summed E-state index contributed by atoms with van der Waals surface area (Å²) in [4.78, 5) is 12.8. The summed E-state index contributed by atoms with van der Waals surface area (Å²) >= 11 is 16.3. The number of aryl methyl sites for hydroxylation is 1. The van der Waals surface area contributed by atoms with Crippen molar-refractivity contribution < 1.29 is 9.21 Å². The number of carbonyl (C=O) groups is 1. The molecule has 1 aromatic carbocycles. The Kier molecular flexibility index (Phi) is 4.78. The summed E-state index contributed by atoms with van der Waals surface area (Å²) in [6, 6.07) is 5.14. The van der Waals surface area contributed by atoms with Crippen molar-refractivity contribution in [3.63, 3.8) is 0 Å². The first-order valence-electron chi connectivity index (χ1n) is 8.18. The largest absolute Gasteiger partial charge is 0.455 e. The maximum atomic E-state index is 12.8. The Balaban J connectivity index is 1.70. The molecule has 4 rings (SSSR count). The van der Waals surface area contributed by atoms with Gasteiger partial charge in [0.15, 0.2) is 5.76 Å². The first-order valence-corrected chi connectivity index (χ1v) is 10.9. The molecular weight excluding hydrogens is 397 g/mol. The Morgan fingerprint density at radius 2 is 1.92 bits per heavy atom. The van der Waals surface area contributed by atoms with Crippen LogP contribution in [0.3, 0.4) is 0 Å². The molecule has 1 fully saturated rings. The fraction of sp³-hybridized carbons (Fsp3) is 0.389. The summed E-state index contributed by atoms with van der Waals surface area (Å²) in [6.07, 6.45) is 3.11. The summed E-state index contributed by atoms with van der Waals surface area (Å²) in [5, 5.41) is 3.63. The monoisotopic (exact) mass is 413 g/mol. The molecule has 0 saturated carbocycles. The molecule has 0 atom stereocenters. The molecule has 1 spiro atoms. The number of para-hydroxylation sites is 1. The third-order valence-corrected chi connectivity index (χ3v) is 8.83. The summed E-state index contributed by atoms with van der Waals surface area (Å²) in [5.74, 6) is 3.32. The van der Waals surface area contributed by atoms with Crippen LogP contribution in [0, 0.1) is 6.92 Å². The smallest absolute Gasteiger partial charge is 0.291 e. The number of fused-ring (bicyclic) bond motifs is 2. The highest BCUT2D eigenvalue weighted by atomic mass is 35.5. The number of anilines is 1. The number of hydrogen-bond donors (Lipinski definition) is 1. The second-order valence-corrected chi connectivity index (χ2v) is 10.1. The maximum absolute atomic E-state index is 12.8. The Hall–Kier alpha value is -0.750. The van der Waals surface area contributed by atoms with Crippen LogP contribution in [0.5, 0.6) is 0 Å². The molecule has 3 nitrogen and oxygen atoms in total. The van der Waals surface area contributed by atoms with Gasteiger partial charge in [0.1, 0.15) is 5.76 Å². The lowest BCUT2D eigenvalue weighted by Gasteiger charge is -2.31. The molecule has 1 amide bonds. The van der Waals surface area contributed by atoms with Gasteiger partial charge in [-0.1, -0.05) is 29.3 Å². The van der Waals surface area contributed by atoms with E-state index in [2.05, 4.69) is 5.32 Å². The molecule has 0 radical (unpaired) electrons. The van der Waals surface area contributed by atoms with E-state index in [1.165, 1.54) is 5.56 Å². The van der Waals surface area contributed by atoms with Crippen molar-refractivity contribution in [2.45, 2.75) is 30.3 Å². The van der Waals surface area contributed by atoms with Gasteiger partial charge in [-0.25, -0.2) is 0 Å². The predicted molar refractivity (Wildman–Crippen MR) is 107 cm³/mol. The topological polar surface area (TPSA) is 42.2 Å². The van der Waals surface area contributed by atoms with Gasteiger partial charge in [0.25, 0.3) is 5.91 Å². The number of hydrogen-bond acceptors (Lipinski definition) is 4. The van der Waals surface area contributed by atoms with Crippen LogP contribution in [-0.2, 0) is 10.5 Å². The third kappa shape index (κ3) is 2.99. The van der Waals surface area contributed by atoms with Crippen LogP contribution in [0.1, 0.15) is 40.3 Å². The molecule has 25 heavy (non-hydrogen) atoms. The van der Waals surface area contributed by atoms with Crippen LogP contribution in [-0.4, -0.2) is 17.4 Å². The van der Waals surface area contributed by atoms with Crippen molar-refractivity contribution in [1.29, 1.82) is 0 Å². The number of amides is 1. The SMILES string of the molecule is Cc1c(C(=O)Nc2c(Cl)cccc2Cl)oc2c1C1(CCC2)SCCS1. The zero-order chi connectivity index (χ0) is 17.6. The van der Waals surface area contributed by atoms with Gasteiger partial charge in [0, 0.05) is 29.1 Å². The van der Waals surface area contributed by atoms with Gasteiger partial charge in [-0.3, -0.25) is 4.79 Å². The molecule has 0 unspecified atom stereocenters. The van der Waals surface area contributed by atoms with Gasteiger partial charge < -0.3 is 9.73 Å². The van der Waals surface area contributed by atoms with E-state index in [4.69, 9.17) is 27.6 Å². The van der Waals surface area contributed by atoms with Crippen molar-refractivity contribution in [1.82, 2.24) is 0 Å². The molecule has 7 heteroatoms. The normalized spacial score (nSPS) is 18.4. The molecule has 1 aliphatic carbocycles. The Bertz CT molecular complexity index is 824. The molecular formula is C18H17Cl2NO2S2. The molecule has 2 aromatic rings. The zero-order valence-corrected chi connectivity index (χ0v) is 16.8. The second-order valence-electron chi connectivity index (χ2n) is 6.21.